The fourth-order valence-corrected chi connectivity index (χ4v) is 2.74. The first-order valence-corrected chi connectivity index (χ1v) is 6.46. The molecule has 1 saturated heterocycles. The monoisotopic (exact) mass is 205 g/mol. The Kier molecular flexibility index (Phi) is 4.01. The summed E-state index contributed by atoms with van der Waals surface area (Å²) in [6, 6.07) is 0. The van der Waals surface area contributed by atoms with Gasteiger partial charge in [0.1, 0.15) is 0 Å². The molecule has 0 bridgehead atoms. The molecule has 1 atom stereocenters. The van der Waals surface area contributed by atoms with Crippen LogP contribution in [-0.4, -0.2) is 24.5 Å². The van der Waals surface area contributed by atoms with Gasteiger partial charge in [0.05, 0.1) is 0 Å². The fraction of sp³-hybridized carbons (Fsp3) is 0.714. The van der Waals surface area contributed by atoms with E-state index >= 15 is 0 Å². The van der Waals surface area contributed by atoms with Gasteiger partial charge in [0.2, 0.25) is 0 Å². The van der Waals surface area contributed by atoms with Crippen molar-refractivity contribution in [2.75, 3.05) is 19.6 Å². The highest BCUT2D eigenvalue weighted by molar-refractivity contribution is 5.23. The second-order valence-electron chi connectivity index (χ2n) is 4.94. The quantitative estimate of drug-likeness (QED) is 0.680. The van der Waals surface area contributed by atoms with Gasteiger partial charge >= 0.3 is 0 Å². The zero-order valence-corrected chi connectivity index (χ0v) is 9.91. The van der Waals surface area contributed by atoms with Gasteiger partial charge in [-0.1, -0.05) is 31.6 Å². The molecule has 0 aromatic heterocycles. The first-order chi connectivity index (χ1) is 7.38. The molecule has 1 aliphatic heterocycles. The molecule has 0 aromatic rings. The Morgan fingerprint density at radius 3 is 3.07 bits per heavy atom. The number of allylic oxidation sites excluding steroid dienone is 2. The zero-order chi connectivity index (χ0) is 10.5. The molecule has 0 N–H and O–H groups in total. The van der Waals surface area contributed by atoms with Crippen LogP contribution in [0.2, 0.25) is 0 Å². The van der Waals surface area contributed by atoms with Crippen LogP contribution in [0.25, 0.3) is 0 Å². The van der Waals surface area contributed by atoms with Gasteiger partial charge in [-0.05, 0) is 43.7 Å². The highest BCUT2D eigenvalue weighted by atomic mass is 15.1. The number of hydrogen-bond donors (Lipinski definition) is 0. The van der Waals surface area contributed by atoms with E-state index in [0.717, 1.165) is 5.92 Å². The maximum absolute atomic E-state index is 2.63. The standard InChI is InChI=1S/C14H23N/c1-2-6-13-9-10-15(11-13)12-14-7-4-3-5-8-14/h4,7-8,13H,2-3,5-6,9-12H2,1H3. The van der Waals surface area contributed by atoms with Crippen molar-refractivity contribution >= 4 is 0 Å². The van der Waals surface area contributed by atoms with Gasteiger partial charge in [-0.3, -0.25) is 4.90 Å². The maximum Gasteiger partial charge on any atom is 0.0230 e. The second-order valence-corrected chi connectivity index (χ2v) is 4.94. The van der Waals surface area contributed by atoms with E-state index in [1.807, 2.05) is 0 Å². The van der Waals surface area contributed by atoms with Crippen molar-refractivity contribution in [2.24, 2.45) is 5.92 Å². The molecule has 0 aromatic carbocycles. The van der Waals surface area contributed by atoms with Gasteiger partial charge in [-0.25, -0.2) is 0 Å². The summed E-state index contributed by atoms with van der Waals surface area (Å²) in [7, 11) is 0. The highest BCUT2D eigenvalue weighted by Gasteiger charge is 2.21. The largest absolute Gasteiger partial charge is 0.299 e. The fourth-order valence-electron chi connectivity index (χ4n) is 2.74. The Hall–Kier alpha value is -0.560. The van der Waals surface area contributed by atoms with Crippen LogP contribution in [0.4, 0.5) is 0 Å². The molecule has 0 saturated carbocycles. The van der Waals surface area contributed by atoms with Crippen molar-refractivity contribution in [2.45, 2.75) is 39.0 Å². The molecule has 2 rings (SSSR count). The first kappa shape index (κ1) is 10.9. The van der Waals surface area contributed by atoms with Crippen molar-refractivity contribution in [1.82, 2.24) is 4.90 Å². The van der Waals surface area contributed by atoms with Crippen LogP contribution >= 0.6 is 0 Å². The smallest absolute Gasteiger partial charge is 0.0230 e. The van der Waals surface area contributed by atoms with Crippen LogP contribution in [0, 0.1) is 5.92 Å². The van der Waals surface area contributed by atoms with E-state index in [0.29, 0.717) is 0 Å². The molecule has 1 aliphatic carbocycles. The van der Waals surface area contributed by atoms with Crippen LogP contribution in [0.1, 0.15) is 39.0 Å². The minimum Gasteiger partial charge on any atom is -0.299 e. The molecule has 1 nitrogen and oxygen atoms in total. The van der Waals surface area contributed by atoms with Crippen LogP contribution in [0.3, 0.4) is 0 Å². The lowest BCUT2D eigenvalue weighted by Gasteiger charge is -2.17. The summed E-state index contributed by atoms with van der Waals surface area (Å²) in [5.41, 5.74) is 1.54. The predicted octanol–water partition coefficient (Wildman–Crippen LogP) is 3.38. The van der Waals surface area contributed by atoms with Crippen molar-refractivity contribution in [1.29, 1.82) is 0 Å². The lowest BCUT2D eigenvalue weighted by molar-refractivity contribution is 0.347. The maximum atomic E-state index is 2.63. The van der Waals surface area contributed by atoms with Gasteiger partial charge in [-0.15, -0.1) is 0 Å². The lowest BCUT2D eigenvalue weighted by atomic mass is 10.0. The van der Waals surface area contributed by atoms with Gasteiger partial charge in [0.25, 0.3) is 0 Å². The third-order valence-corrected chi connectivity index (χ3v) is 3.54. The molecule has 0 amide bonds. The molecule has 1 fully saturated rings. The topological polar surface area (TPSA) is 3.24 Å². The van der Waals surface area contributed by atoms with Gasteiger partial charge in [-0.2, -0.15) is 0 Å². The van der Waals surface area contributed by atoms with Crippen molar-refractivity contribution in [3.8, 4) is 0 Å². The summed E-state index contributed by atoms with van der Waals surface area (Å²) < 4.78 is 0. The second kappa shape index (κ2) is 5.50. The highest BCUT2D eigenvalue weighted by Crippen LogP contribution is 2.22. The Balaban J connectivity index is 1.76. The molecular weight excluding hydrogens is 182 g/mol. The zero-order valence-electron chi connectivity index (χ0n) is 9.91. The predicted molar refractivity (Wildman–Crippen MR) is 65.9 cm³/mol. The molecule has 0 radical (unpaired) electrons. The van der Waals surface area contributed by atoms with Gasteiger partial charge in [0.15, 0.2) is 0 Å². The van der Waals surface area contributed by atoms with E-state index in [9.17, 15) is 0 Å². The van der Waals surface area contributed by atoms with Crippen LogP contribution < -0.4 is 0 Å². The Bertz CT molecular complexity index is 252. The van der Waals surface area contributed by atoms with Gasteiger partial charge in [0, 0.05) is 13.1 Å². The summed E-state index contributed by atoms with van der Waals surface area (Å²) >= 11 is 0. The van der Waals surface area contributed by atoms with E-state index in [2.05, 4.69) is 30.1 Å². The minimum absolute atomic E-state index is 0.975. The third kappa shape index (κ3) is 3.20. The molecule has 1 heterocycles. The minimum atomic E-state index is 0.975. The molecule has 84 valence electrons. The molecule has 15 heavy (non-hydrogen) atoms. The van der Waals surface area contributed by atoms with E-state index < -0.39 is 0 Å². The van der Waals surface area contributed by atoms with E-state index in [4.69, 9.17) is 0 Å². The molecule has 1 heteroatoms. The SMILES string of the molecule is CCCC1CCN(CC2=CCCC=C2)C1. The van der Waals surface area contributed by atoms with E-state index in [1.165, 1.54) is 51.7 Å². The molecular formula is C14H23N. The Morgan fingerprint density at radius 2 is 2.33 bits per heavy atom. The average molecular weight is 205 g/mol. The molecule has 2 aliphatic rings. The van der Waals surface area contributed by atoms with E-state index in [1.54, 1.807) is 5.57 Å². The van der Waals surface area contributed by atoms with Crippen molar-refractivity contribution < 1.29 is 0 Å². The van der Waals surface area contributed by atoms with Crippen LogP contribution in [-0.2, 0) is 0 Å². The average Bonchev–Trinajstić information content (AvgIpc) is 2.68. The number of rotatable bonds is 4. The third-order valence-electron chi connectivity index (χ3n) is 3.54. The van der Waals surface area contributed by atoms with Gasteiger partial charge < -0.3 is 0 Å². The van der Waals surface area contributed by atoms with Crippen molar-refractivity contribution in [3.63, 3.8) is 0 Å². The first-order valence-electron chi connectivity index (χ1n) is 6.46. The Labute approximate surface area is 93.9 Å². The summed E-state index contributed by atoms with van der Waals surface area (Å²) in [5.74, 6) is 0.975. The normalized spacial score (nSPS) is 27.0. The number of nitrogens with zero attached hydrogens (tertiary/aromatic N) is 1. The Morgan fingerprint density at radius 1 is 1.40 bits per heavy atom. The van der Waals surface area contributed by atoms with Crippen molar-refractivity contribution in [3.05, 3.63) is 23.8 Å². The van der Waals surface area contributed by atoms with E-state index in [-0.39, 0.29) is 0 Å². The van der Waals surface area contributed by atoms with Crippen LogP contribution in [0.15, 0.2) is 23.8 Å². The van der Waals surface area contributed by atoms with Crippen LogP contribution in [0.5, 0.6) is 0 Å². The number of hydrogen-bond acceptors (Lipinski definition) is 1. The summed E-state index contributed by atoms with van der Waals surface area (Å²) in [6.45, 7) is 6.14. The molecule has 1 unspecified atom stereocenters. The summed E-state index contributed by atoms with van der Waals surface area (Å²) in [5, 5.41) is 0. The lowest BCUT2D eigenvalue weighted by Crippen LogP contribution is -2.23. The summed E-state index contributed by atoms with van der Waals surface area (Å²) in [4.78, 5) is 2.63. The number of likely N-dealkylation sites (tertiary alicyclic amines) is 1. The summed E-state index contributed by atoms with van der Waals surface area (Å²) in [6.07, 6.45) is 13.7. The molecule has 0 spiro atoms.